The van der Waals surface area contributed by atoms with Crippen LogP contribution in [-0.2, 0) is 9.47 Å². The van der Waals surface area contributed by atoms with Gasteiger partial charge in [0.15, 0.2) is 6.29 Å². The second kappa shape index (κ2) is 9.04. The second-order valence-corrected chi connectivity index (χ2v) is 6.85. The number of ether oxygens (including phenoxy) is 2. The number of hydrogen-bond donors (Lipinski definition) is 0. The maximum atomic E-state index is 6.25. The molecule has 0 radical (unpaired) electrons. The Bertz CT molecular complexity index is 246. The van der Waals surface area contributed by atoms with Crippen LogP contribution in [0.2, 0.25) is 0 Å². The van der Waals surface area contributed by atoms with Crippen LogP contribution in [0.15, 0.2) is 0 Å². The van der Waals surface area contributed by atoms with Crippen LogP contribution in [0, 0.1) is 11.8 Å². The SMILES string of the molecule is CCCCCC1CCOC([C@H]2CC[C@H](CCC)CC2)O1. The molecule has 1 saturated carbocycles. The number of rotatable bonds is 7. The first-order valence-corrected chi connectivity index (χ1v) is 9.10. The molecule has 2 atom stereocenters. The Kier molecular flexibility index (Phi) is 7.37. The fourth-order valence-electron chi connectivity index (χ4n) is 3.85. The lowest BCUT2D eigenvalue weighted by molar-refractivity contribution is -0.241. The minimum absolute atomic E-state index is 0.109. The Morgan fingerprint density at radius 2 is 1.65 bits per heavy atom. The molecular weight excluding hydrogens is 248 g/mol. The number of hydrogen-bond acceptors (Lipinski definition) is 2. The van der Waals surface area contributed by atoms with E-state index in [2.05, 4.69) is 13.8 Å². The van der Waals surface area contributed by atoms with E-state index in [1.807, 2.05) is 0 Å². The van der Waals surface area contributed by atoms with Crippen LogP contribution in [0.25, 0.3) is 0 Å². The van der Waals surface area contributed by atoms with Crippen molar-refractivity contribution in [3.8, 4) is 0 Å². The van der Waals surface area contributed by atoms with Crippen molar-refractivity contribution in [2.45, 2.75) is 96.9 Å². The molecule has 2 aliphatic rings. The Morgan fingerprint density at radius 1 is 0.850 bits per heavy atom. The summed E-state index contributed by atoms with van der Waals surface area (Å²) in [5.41, 5.74) is 0. The molecule has 118 valence electrons. The normalized spacial score (nSPS) is 35.1. The van der Waals surface area contributed by atoms with E-state index in [1.54, 1.807) is 0 Å². The van der Waals surface area contributed by atoms with Gasteiger partial charge in [-0.2, -0.15) is 0 Å². The van der Waals surface area contributed by atoms with E-state index in [-0.39, 0.29) is 6.29 Å². The molecule has 20 heavy (non-hydrogen) atoms. The van der Waals surface area contributed by atoms with Crippen molar-refractivity contribution < 1.29 is 9.47 Å². The molecule has 0 amide bonds. The van der Waals surface area contributed by atoms with E-state index in [1.165, 1.54) is 64.2 Å². The minimum atomic E-state index is 0.109. The Hall–Kier alpha value is -0.0800. The van der Waals surface area contributed by atoms with Gasteiger partial charge in [0.1, 0.15) is 0 Å². The van der Waals surface area contributed by atoms with Crippen molar-refractivity contribution in [3.63, 3.8) is 0 Å². The number of unbranched alkanes of at least 4 members (excludes halogenated alkanes) is 2. The molecule has 2 rings (SSSR count). The fourth-order valence-corrected chi connectivity index (χ4v) is 3.85. The third-order valence-electron chi connectivity index (χ3n) is 5.15. The zero-order chi connectivity index (χ0) is 14.2. The van der Waals surface area contributed by atoms with Crippen molar-refractivity contribution in [3.05, 3.63) is 0 Å². The molecule has 1 saturated heterocycles. The van der Waals surface area contributed by atoms with Crippen LogP contribution in [-0.4, -0.2) is 19.0 Å². The van der Waals surface area contributed by atoms with Gasteiger partial charge in [-0.1, -0.05) is 46.0 Å². The molecule has 0 aromatic carbocycles. The first kappa shape index (κ1) is 16.3. The van der Waals surface area contributed by atoms with Crippen LogP contribution in [0.5, 0.6) is 0 Å². The molecular formula is C18H34O2. The standard InChI is InChI=1S/C18H34O2/c1-3-5-6-8-17-13-14-19-18(20-17)16-11-9-15(7-4-2)10-12-16/h15-18H,3-14H2,1-2H3/t15-,16-,17?,18?. The lowest BCUT2D eigenvalue weighted by Crippen LogP contribution is -2.38. The smallest absolute Gasteiger partial charge is 0.160 e. The van der Waals surface area contributed by atoms with Gasteiger partial charge >= 0.3 is 0 Å². The highest BCUT2D eigenvalue weighted by atomic mass is 16.7. The van der Waals surface area contributed by atoms with Gasteiger partial charge in [-0.05, 0) is 44.4 Å². The van der Waals surface area contributed by atoms with Crippen LogP contribution < -0.4 is 0 Å². The van der Waals surface area contributed by atoms with E-state index < -0.39 is 0 Å². The summed E-state index contributed by atoms with van der Waals surface area (Å²) in [6, 6.07) is 0. The van der Waals surface area contributed by atoms with Crippen LogP contribution in [0.1, 0.15) is 84.5 Å². The topological polar surface area (TPSA) is 18.5 Å². The molecule has 0 bridgehead atoms. The highest BCUT2D eigenvalue weighted by molar-refractivity contribution is 4.77. The average molecular weight is 282 g/mol. The van der Waals surface area contributed by atoms with E-state index in [0.717, 1.165) is 18.9 Å². The zero-order valence-electron chi connectivity index (χ0n) is 13.6. The summed E-state index contributed by atoms with van der Waals surface area (Å²) in [6.45, 7) is 5.49. The van der Waals surface area contributed by atoms with Crippen molar-refractivity contribution >= 4 is 0 Å². The van der Waals surface area contributed by atoms with Gasteiger partial charge in [-0.25, -0.2) is 0 Å². The first-order valence-electron chi connectivity index (χ1n) is 9.10. The maximum absolute atomic E-state index is 6.25. The Labute approximate surface area is 125 Å². The summed E-state index contributed by atoms with van der Waals surface area (Å²) in [7, 11) is 0. The molecule has 1 aliphatic carbocycles. The molecule has 0 spiro atoms. The third kappa shape index (κ3) is 5.04. The largest absolute Gasteiger partial charge is 0.352 e. The van der Waals surface area contributed by atoms with Crippen molar-refractivity contribution in [2.75, 3.05) is 6.61 Å². The summed E-state index contributed by atoms with van der Waals surface area (Å²) < 4.78 is 12.2. The molecule has 0 aromatic rings. The van der Waals surface area contributed by atoms with Crippen LogP contribution >= 0.6 is 0 Å². The van der Waals surface area contributed by atoms with Gasteiger partial charge in [-0.3, -0.25) is 0 Å². The summed E-state index contributed by atoms with van der Waals surface area (Å²) in [4.78, 5) is 0. The molecule has 1 aliphatic heterocycles. The zero-order valence-corrected chi connectivity index (χ0v) is 13.6. The molecule has 2 fully saturated rings. The molecule has 0 N–H and O–H groups in total. The van der Waals surface area contributed by atoms with Gasteiger partial charge in [0.2, 0.25) is 0 Å². The molecule has 2 heteroatoms. The summed E-state index contributed by atoms with van der Waals surface area (Å²) in [5, 5.41) is 0. The van der Waals surface area contributed by atoms with Gasteiger partial charge in [-0.15, -0.1) is 0 Å². The van der Waals surface area contributed by atoms with E-state index in [9.17, 15) is 0 Å². The van der Waals surface area contributed by atoms with E-state index >= 15 is 0 Å². The fraction of sp³-hybridized carbons (Fsp3) is 1.00. The molecule has 2 unspecified atom stereocenters. The predicted molar refractivity (Wildman–Crippen MR) is 83.7 cm³/mol. The van der Waals surface area contributed by atoms with Gasteiger partial charge in [0, 0.05) is 5.92 Å². The predicted octanol–water partition coefficient (Wildman–Crippen LogP) is 5.30. The van der Waals surface area contributed by atoms with Gasteiger partial charge in [0.25, 0.3) is 0 Å². The van der Waals surface area contributed by atoms with Gasteiger partial charge < -0.3 is 9.47 Å². The maximum Gasteiger partial charge on any atom is 0.160 e. The lowest BCUT2D eigenvalue weighted by Gasteiger charge is -2.38. The second-order valence-electron chi connectivity index (χ2n) is 6.85. The van der Waals surface area contributed by atoms with Crippen molar-refractivity contribution in [1.82, 2.24) is 0 Å². The minimum Gasteiger partial charge on any atom is -0.352 e. The molecule has 1 heterocycles. The van der Waals surface area contributed by atoms with E-state index in [0.29, 0.717) is 12.0 Å². The average Bonchev–Trinajstić information content (AvgIpc) is 2.49. The summed E-state index contributed by atoms with van der Waals surface area (Å²) >= 11 is 0. The molecule has 0 aromatic heterocycles. The highest BCUT2D eigenvalue weighted by Crippen LogP contribution is 2.36. The highest BCUT2D eigenvalue weighted by Gasteiger charge is 2.32. The monoisotopic (exact) mass is 282 g/mol. The Morgan fingerprint density at radius 3 is 2.35 bits per heavy atom. The van der Waals surface area contributed by atoms with Crippen LogP contribution in [0.3, 0.4) is 0 Å². The Balaban J connectivity index is 1.70. The van der Waals surface area contributed by atoms with Crippen LogP contribution in [0.4, 0.5) is 0 Å². The summed E-state index contributed by atoms with van der Waals surface area (Å²) in [6.07, 6.45) is 15.0. The van der Waals surface area contributed by atoms with E-state index in [4.69, 9.17) is 9.47 Å². The summed E-state index contributed by atoms with van der Waals surface area (Å²) in [5.74, 6) is 1.64. The van der Waals surface area contributed by atoms with Gasteiger partial charge in [0.05, 0.1) is 12.7 Å². The van der Waals surface area contributed by atoms with Crippen molar-refractivity contribution in [1.29, 1.82) is 0 Å². The quantitative estimate of drug-likeness (QED) is 0.589. The molecule has 2 nitrogen and oxygen atoms in total. The first-order chi connectivity index (χ1) is 9.83. The third-order valence-corrected chi connectivity index (χ3v) is 5.15. The lowest BCUT2D eigenvalue weighted by atomic mass is 9.79. The van der Waals surface area contributed by atoms with Crippen molar-refractivity contribution in [2.24, 2.45) is 11.8 Å².